The second kappa shape index (κ2) is 4.21. The van der Waals surface area contributed by atoms with Crippen LogP contribution in [0.15, 0.2) is 22.7 Å². The first-order valence-electron chi connectivity index (χ1n) is 3.94. The zero-order chi connectivity index (χ0) is 10.8. The number of halogens is 4. The van der Waals surface area contributed by atoms with Crippen LogP contribution >= 0.6 is 15.9 Å². The molecule has 0 radical (unpaired) electrons. The van der Waals surface area contributed by atoms with Gasteiger partial charge in [0.2, 0.25) is 0 Å². The standard InChI is InChI=1S/C9H8BrF3O/c1-2-14-8-4-3-6(10)5-7(8)9(11,12)13/h3-5H,2H2,1H3. The fourth-order valence-corrected chi connectivity index (χ4v) is 1.37. The van der Waals surface area contributed by atoms with Gasteiger partial charge in [-0.15, -0.1) is 0 Å². The highest BCUT2D eigenvalue weighted by molar-refractivity contribution is 9.10. The van der Waals surface area contributed by atoms with Gasteiger partial charge in [-0.1, -0.05) is 15.9 Å². The monoisotopic (exact) mass is 268 g/mol. The van der Waals surface area contributed by atoms with Gasteiger partial charge in [-0.3, -0.25) is 0 Å². The lowest BCUT2D eigenvalue weighted by atomic mass is 10.2. The lowest BCUT2D eigenvalue weighted by Gasteiger charge is -2.12. The fraction of sp³-hybridized carbons (Fsp3) is 0.333. The lowest BCUT2D eigenvalue weighted by molar-refractivity contribution is -0.138. The van der Waals surface area contributed by atoms with Crippen molar-refractivity contribution in [2.75, 3.05) is 6.61 Å². The molecule has 0 spiro atoms. The van der Waals surface area contributed by atoms with Crippen LogP contribution in [-0.2, 0) is 6.18 Å². The van der Waals surface area contributed by atoms with Gasteiger partial charge in [-0.05, 0) is 25.1 Å². The van der Waals surface area contributed by atoms with Gasteiger partial charge in [0.25, 0.3) is 0 Å². The molecule has 5 heteroatoms. The van der Waals surface area contributed by atoms with Crippen molar-refractivity contribution < 1.29 is 17.9 Å². The van der Waals surface area contributed by atoms with E-state index in [2.05, 4.69) is 15.9 Å². The molecule has 0 atom stereocenters. The second-order valence-corrected chi connectivity index (χ2v) is 3.49. The van der Waals surface area contributed by atoms with Crippen molar-refractivity contribution in [2.45, 2.75) is 13.1 Å². The molecule has 1 aromatic rings. The quantitative estimate of drug-likeness (QED) is 0.792. The number of rotatable bonds is 2. The summed E-state index contributed by atoms with van der Waals surface area (Å²) in [5, 5.41) is 0. The zero-order valence-corrected chi connectivity index (χ0v) is 8.95. The number of hydrogen-bond donors (Lipinski definition) is 0. The summed E-state index contributed by atoms with van der Waals surface area (Å²) in [6.07, 6.45) is -4.38. The normalized spacial score (nSPS) is 11.5. The van der Waals surface area contributed by atoms with Crippen molar-refractivity contribution in [3.63, 3.8) is 0 Å². The van der Waals surface area contributed by atoms with Gasteiger partial charge in [0.15, 0.2) is 0 Å². The van der Waals surface area contributed by atoms with Crippen LogP contribution in [0.5, 0.6) is 5.75 Å². The van der Waals surface area contributed by atoms with Gasteiger partial charge in [-0.25, -0.2) is 0 Å². The topological polar surface area (TPSA) is 9.23 Å². The molecule has 78 valence electrons. The Balaban J connectivity index is 3.16. The Labute approximate surface area is 88.0 Å². The molecule has 0 saturated carbocycles. The maximum atomic E-state index is 12.5. The van der Waals surface area contributed by atoms with Crippen LogP contribution < -0.4 is 4.74 Å². The molecule has 1 nitrogen and oxygen atoms in total. The summed E-state index contributed by atoms with van der Waals surface area (Å²) in [6, 6.07) is 3.82. The van der Waals surface area contributed by atoms with Crippen LogP contribution in [0, 0.1) is 0 Å². The number of alkyl halides is 3. The van der Waals surface area contributed by atoms with Crippen LogP contribution in [0.2, 0.25) is 0 Å². The van der Waals surface area contributed by atoms with Crippen molar-refractivity contribution in [3.8, 4) is 5.75 Å². The Bertz CT molecular complexity index is 322. The average Bonchev–Trinajstić information content (AvgIpc) is 2.07. The lowest BCUT2D eigenvalue weighted by Crippen LogP contribution is -2.08. The minimum Gasteiger partial charge on any atom is -0.493 e. The van der Waals surface area contributed by atoms with Crippen LogP contribution in [0.3, 0.4) is 0 Å². The predicted octanol–water partition coefficient (Wildman–Crippen LogP) is 3.87. The van der Waals surface area contributed by atoms with Crippen molar-refractivity contribution >= 4 is 15.9 Å². The summed E-state index contributed by atoms with van der Waals surface area (Å²) in [7, 11) is 0. The molecule has 0 saturated heterocycles. The highest BCUT2D eigenvalue weighted by Gasteiger charge is 2.34. The molecular formula is C9H8BrF3O. The predicted molar refractivity (Wildman–Crippen MR) is 50.3 cm³/mol. The fourth-order valence-electron chi connectivity index (χ4n) is 1.01. The summed E-state index contributed by atoms with van der Waals surface area (Å²) in [6.45, 7) is 1.85. The van der Waals surface area contributed by atoms with Crippen molar-refractivity contribution in [2.24, 2.45) is 0 Å². The van der Waals surface area contributed by atoms with E-state index in [-0.39, 0.29) is 12.4 Å². The summed E-state index contributed by atoms with van der Waals surface area (Å²) < 4.78 is 42.6. The van der Waals surface area contributed by atoms with Crippen LogP contribution in [0.4, 0.5) is 13.2 Å². The van der Waals surface area contributed by atoms with Gasteiger partial charge in [0.05, 0.1) is 12.2 Å². The summed E-state index contributed by atoms with van der Waals surface area (Å²) in [4.78, 5) is 0. The van der Waals surface area contributed by atoms with E-state index in [1.165, 1.54) is 12.1 Å². The third kappa shape index (κ3) is 2.64. The molecule has 0 aliphatic rings. The van der Waals surface area contributed by atoms with Gasteiger partial charge in [0.1, 0.15) is 5.75 Å². The summed E-state index contributed by atoms with van der Waals surface area (Å²) in [5.74, 6) is -0.136. The second-order valence-electron chi connectivity index (χ2n) is 2.57. The molecule has 1 aromatic carbocycles. The Hall–Kier alpha value is -0.710. The minimum atomic E-state index is -4.38. The van der Waals surface area contributed by atoms with Gasteiger partial charge in [-0.2, -0.15) is 13.2 Å². The third-order valence-electron chi connectivity index (χ3n) is 1.55. The highest BCUT2D eigenvalue weighted by Crippen LogP contribution is 2.37. The molecule has 1 rings (SSSR count). The van der Waals surface area contributed by atoms with Crippen molar-refractivity contribution in [1.82, 2.24) is 0 Å². The maximum Gasteiger partial charge on any atom is 0.420 e. The van der Waals surface area contributed by atoms with E-state index < -0.39 is 11.7 Å². The van der Waals surface area contributed by atoms with Gasteiger partial charge < -0.3 is 4.74 Å². The average molecular weight is 269 g/mol. The third-order valence-corrected chi connectivity index (χ3v) is 2.04. The Kier molecular flexibility index (Phi) is 3.42. The summed E-state index contributed by atoms with van der Waals surface area (Å²) >= 11 is 2.98. The SMILES string of the molecule is CCOc1ccc(Br)cc1C(F)(F)F. The van der Waals surface area contributed by atoms with Crippen LogP contribution in [0.25, 0.3) is 0 Å². The summed E-state index contributed by atoms with van der Waals surface area (Å²) in [5.41, 5.74) is -0.756. The van der Waals surface area contributed by atoms with E-state index in [0.29, 0.717) is 4.47 Å². The highest BCUT2D eigenvalue weighted by atomic mass is 79.9. The van der Waals surface area contributed by atoms with E-state index in [1.807, 2.05) is 0 Å². The van der Waals surface area contributed by atoms with Crippen molar-refractivity contribution in [1.29, 1.82) is 0 Å². The largest absolute Gasteiger partial charge is 0.493 e. The Morgan fingerprint density at radius 3 is 2.50 bits per heavy atom. The molecule has 0 fully saturated rings. The Morgan fingerprint density at radius 2 is 2.00 bits per heavy atom. The smallest absolute Gasteiger partial charge is 0.420 e. The van der Waals surface area contributed by atoms with Crippen LogP contribution in [0.1, 0.15) is 12.5 Å². The molecule has 0 bridgehead atoms. The zero-order valence-electron chi connectivity index (χ0n) is 7.36. The van der Waals surface area contributed by atoms with Gasteiger partial charge >= 0.3 is 6.18 Å². The first kappa shape index (κ1) is 11.4. The minimum absolute atomic E-state index is 0.136. The molecule has 0 amide bonds. The van der Waals surface area contributed by atoms with E-state index >= 15 is 0 Å². The van der Waals surface area contributed by atoms with E-state index in [1.54, 1.807) is 6.92 Å². The number of benzene rings is 1. The maximum absolute atomic E-state index is 12.5. The molecule has 0 aliphatic heterocycles. The molecular weight excluding hydrogens is 261 g/mol. The number of ether oxygens (including phenoxy) is 1. The first-order chi connectivity index (χ1) is 6.45. The molecule has 14 heavy (non-hydrogen) atoms. The van der Waals surface area contributed by atoms with E-state index in [0.717, 1.165) is 6.07 Å². The first-order valence-corrected chi connectivity index (χ1v) is 4.74. The van der Waals surface area contributed by atoms with Crippen LogP contribution in [-0.4, -0.2) is 6.61 Å². The van der Waals surface area contributed by atoms with Gasteiger partial charge in [0, 0.05) is 4.47 Å². The molecule has 0 N–H and O–H groups in total. The molecule has 0 aliphatic carbocycles. The molecule has 0 aromatic heterocycles. The molecule has 0 unspecified atom stereocenters. The molecule has 0 heterocycles. The van der Waals surface area contributed by atoms with E-state index in [9.17, 15) is 13.2 Å². The van der Waals surface area contributed by atoms with Crippen molar-refractivity contribution in [3.05, 3.63) is 28.2 Å². The number of hydrogen-bond acceptors (Lipinski definition) is 1. The Morgan fingerprint density at radius 1 is 1.36 bits per heavy atom. The van der Waals surface area contributed by atoms with E-state index in [4.69, 9.17) is 4.74 Å².